The van der Waals surface area contributed by atoms with Gasteiger partial charge in [0, 0.05) is 0 Å². The molecule has 0 bridgehead atoms. The SMILES string of the molecule is CC(CN)C[C@@H](N)C(=O)O. The van der Waals surface area contributed by atoms with E-state index in [4.69, 9.17) is 16.6 Å². The highest BCUT2D eigenvalue weighted by molar-refractivity contribution is 5.72. The van der Waals surface area contributed by atoms with E-state index in [9.17, 15) is 4.79 Å². The van der Waals surface area contributed by atoms with Crippen LogP contribution in [0.2, 0.25) is 0 Å². The highest BCUT2D eigenvalue weighted by Crippen LogP contribution is 2.01. The third-order valence-corrected chi connectivity index (χ3v) is 1.38. The first-order chi connectivity index (χ1) is 4.57. The van der Waals surface area contributed by atoms with Crippen molar-refractivity contribution in [1.82, 2.24) is 0 Å². The Kier molecular flexibility index (Phi) is 3.99. The molecule has 0 aliphatic rings. The predicted octanol–water partition coefficient (Wildman–Crippen LogP) is -0.617. The molecule has 0 heterocycles. The summed E-state index contributed by atoms with van der Waals surface area (Å²) in [6, 6.07) is -0.765. The Morgan fingerprint density at radius 3 is 2.50 bits per heavy atom. The highest BCUT2D eigenvalue weighted by Gasteiger charge is 2.13. The van der Waals surface area contributed by atoms with E-state index in [0.29, 0.717) is 13.0 Å². The van der Waals surface area contributed by atoms with Gasteiger partial charge in [-0.2, -0.15) is 0 Å². The zero-order valence-corrected chi connectivity index (χ0v) is 6.08. The van der Waals surface area contributed by atoms with Crippen molar-refractivity contribution in [3.05, 3.63) is 0 Å². The number of aliphatic carboxylic acids is 1. The summed E-state index contributed by atoms with van der Waals surface area (Å²) in [7, 11) is 0. The van der Waals surface area contributed by atoms with E-state index in [1.165, 1.54) is 0 Å². The first kappa shape index (κ1) is 9.39. The summed E-state index contributed by atoms with van der Waals surface area (Å²) < 4.78 is 0. The number of carboxylic acids is 1. The molecule has 1 unspecified atom stereocenters. The maximum Gasteiger partial charge on any atom is 0.320 e. The van der Waals surface area contributed by atoms with Crippen LogP contribution in [-0.2, 0) is 4.79 Å². The molecule has 10 heavy (non-hydrogen) atoms. The number of rotatable bonds is 4. The lowest BCUT2D eigenvalue weighted by Crippen LogP contribution is -2.33. The quantitative estimate of drug-likeness (QED) is 0.493. The molecule has 0 spiro atoms. The molecule has 4 heteroatoms. The summed E-state index contributed by atoms with van der Waals surface area (Å²) in [6.45, 7) is 2.36. The summed E-state index contributed by atoms with van der Waals surface area (Å²) in [5.41, 5.74) is 10.5. The van der Waals surface area contributed by atoms with Gasteiger partial charge in [-0.1, -0.05) is 6.92 Å². The average molecular weight is 146 g/mol. The van der Waals surface area contributed by atoms with E-state index in [1.54, 1.807) is 0 Å². The molecule has 0 amide bonds. The molecule has 0 aromatic carbocycles. The second kappa shape index (κ2) is 4.24. The summed E-state index contributed by atoms with van der Waals surface area (Å²) in [5, 5.41) is 8.36. The molecule has 60 valence electrons. The fraction of sp³-hybridized carbons (Fsp3) is 0.833. The third kappa shape index (κ3) is 3.42. The number of nitrogens with two attached hydrogens (primary N) is 2. The van der Waals surface area contributed by atoms with Gasteiger partial charge in [0.25, 0.3) is 0 Å². The molecular weight excluding hydrogens is 132 g/mol. The van der Waals surface area contributed by atoms with E-state index < -0.39 is 12.0 Å². The van der Waals surface area contributed by atoms with Gasteiger partial charge in [0.1, 0.15) is 6.04 Å². The second-order valence-corrected chi connectivity index (χ2v) is 2.52. The van der Waals surface area contributed by atoms with Crippen molar-refractivity contribution in [3.8, 4) is 0 Å². The predicted molar refractivity (Wildman–Crippen MR) is 38.4 cm³/mol. The van der Waals surface area contributed by atoms with Gasteiger partial charge >= 0.3 is 5.97 Å². The molecule has 0 aliphatic heterocycles. The van der Waals surface area contributed by atoms with Crippen LogP contribution in [0.3, 0.4) is 0 Å². The fourth-order valence-electron chi connectivity index (χ4n) is 0.631. The first-order valence-electron chi connectivity index (χ1n) is 3.26. The van der Waals surface area contributed by atoms with Crippen LogP contribution in [0.4, 0.5) is 0 Å². The Labute approximate surface area is 60.2 Å². The average Bonchev–Trinajstić information content (AvgIpc) is 1.87. The molecule has 0 fully saturated rings. The highest BCUT2D eigenvalue weighted by atomic mass is 16.4. The zero-order chi connectivity index (χ0) is 8.15. The maximum absolute atomic E-state index is 10.2. The normalized spacial score (nSPS) is 16.3. The molecule has 0 saturated heterocycles. The molecule has 2 atom stereocenters. The van der Waals surface area contributed by atoms with Crippen molar-refractivity contribution in [3.63, 3.8) is 0 Å². The minimum atomic E-state index is -0.958. The van der Waals surface area contributed by atoms with Gasteiger partial charge in [0.05, 0.1) is 0 Å². The number of hydrogen-bond donors (Lipinski definition) is 3. The van der Waals surface area contributed by atoms with E-state index in [2.05, 4.69) is 0 Å². The molecule has 4 nitrogen and oxygen atoms in total. The van der Waals surface area contributed by atoms with Crippen LogP contribution in [0.1, 0.15) is 13.3 Å². The lowest BCUT2D eigenvalue weighted by Gasteiger charge is -2.10. The topological polar surface area (TPSA) is 89.3 Å². The molecule has 0 aliphatic carbocycles. The summed E-state index contributed by atoms with van der Waals surface area (Å²) in [4.78, 5) is 10.2. The Balaban J connectivity index is 3.56. The van der Waals surface area contributed by atoms with Gasteiger partial charge in [-0.25, -0.2) is 0 Å². The van der Waals surface area contributed by atoms with Crippen molar-refractivity contribution >= 4 is 5.97 Å². The minimum Gasteiger partial charge on any atom is -0.480 e. The van der Waals surface area contributed by atoms with Crippen LogP contribution in [0, 0.1) is 5.92 Å². The van der Waals surface area contributed by atoms with Crippen LogP contribution >= 0.6 is 0 Å². The van der Waals surface area contributed by atoms with Crippen molar-refractivity contribution in [2.45, 2.75) is 19.4 Å². The third-order valence-electron chi connectivity index (χ3n) is 1.38. The Morgan fingerprint density at radius 1 is 1.70 bits per heavy atom. The summed E-state index contributed by atoms with van der Waals surface area (Å²) >= 11 is 0. The van der Waals surface area contributed by atoms with Crippen LogP contribution in [0.15, 0.2) is 0 Å². The Hall–Kier alpha value is -0.610. The zero-order valence-electron chi connectivity index (χ0n) is 6.08. The molecule has 0 aromatic rings. The monoisotopic (exact) mass is 146 g/mol. The van der Waals surface area contributed by atoms with E-state index in [0.717, 1.165) is 0 Å². The van der Waals surface area contributed by atoms with E-state index in [-0.39, 0.29) is 5.92 Å². The van der Waals surface area contributed by atoms with Gasteiger partial charge in [-0.15, -0.1) is 0 Å². The van der Waals surface area contributed by atoms with Crippen LogP contribution < -0.4 is 11.5 Å². The fourth-order valence-corrected chi connectivity index (χ4v) is 0.631. The van der Waals surface area contributed by atoms with Gasteiger partial charge in [-0.3, -0.25) is 4.79 Å². The van der Waals surface area contributed by atoms with Gasteiger partial charge in [-0.05, 0) is 18.9 Å². The number of carboxylic acid groups (broad SMARTS) is 1. The molecular formula is C6H14N2O2. The smallest absolute Gasteiger partial charge is 0.320 e. The molecule has 0 radical (unpaired) electrons. The summed E-state index contributed by atoms with van der Waals surface area (Å²) in [5.74, 6) is -0.772. The lowest BCUT2D eigenvalue weighted by molar-refractivity contribution is -0.138. The molecule has 5 N–H and O–H groups in total. The standard InChI is InChI=1S/C6H14N2O2/c1-4(3-7)2-5(8)6(9)10/h4-5H,2-3,7-8H2,1H3,(H,9,10)/t4?,5-/m1/s1. The van der Waals surface area contributed by atoms with Crippen molar-refractivity contribution < 1.29 is 9.90 Å². The number of carbonyl (C=O) groups is 1. The van der Waals surface area contributed by atoms with E-state index >= 15 is 0 Å². The lowest BCUT2D eigenvalue weighted by atomic mass is 10.0. The second-order valence-electron chi connectivity index (χ2n) is 2.52. The van der Waals surface area contributed by atoms with Crippen molar-refractivity contribution in [2.75, 3.05) is 6.54 Å². The largest absolute Gasteiger partial charge is 0.480 e. The van der Waals surface area contributed by atoms with Crippen LogP contribution in [0.5, 0.6) is 0 Å². The van der Waals surface area contributed by atoms with Gasteiger partial charge in [0.2, 0.25) is 0 Å². The Morgan fingerprint density at radius 2 is 2.20 bits per heavy atom. The maximum atomic E-state index is 10.2. The molecule has 0 saturated carbocycles. The van der Waals surface area contributed by atoms with Crippen LogP contribution in [0.25, 0.3) is 0 Å². The summed E-state index contributed by atoms with van der Waals surface area (Å²) in [6.07, 6.45) is 0.450. The number of hydrogen-bond acceptors (Lipinski definition) is 3. The molecule has 0 aromatic heterocycles. The van der Waals surface area contributed by atoms with Crippen LogP contribution in [-0.4, -0.2) is 23.7 Å². The first-order valence-corrected chi connectivity index (χ1v) is 3.26. The van der Waals surface area contributed by atoms with Gasteiger partial charge < -0.3 is 16.6 Å². The minimum absolute atomic E-state index is 0.186. The molecule has 0 rings (SSSR count). The van der Waals surface area contributed by atoms with E-state index in [1.807, 2.05) is 6.92 Å². The van der Waals surface area contributed by atoms with Gasteiger partial charge in [0.15, 0.2) is 0 Å². The van der Waals surface area contributed by atoms with Crippen molar-refractivity contribution in [1.29, 1.82) is 0 Å². The van der Waals surface area contributed by atoms with Crippen molar-refractivity contribution in [2.24, 2.45) is 17.4 Å². The Bertz CT molecular complexity index is 116.